The Balaban J connectivity index is 2.37. The number of rotatable bonds is 3. The van der Waals surface area contributed by atoms with Crippen LogP contribution in [0, 0.1) is 6.92 Å². The van der Waals surface area contributed by atoms with Gasteiger partial charge in [0.1, 0.15) is 4.88 Å². The van der Waals surface area contributed by atoms with E-state index in [1.807, 2.05) is 13.0 Å². The minimum Gasteiger partial charge on any atom is -0.477 e. The van der Waals surface area contributed by atoms with Crippen LogP contribution in [0.4, 0.5) is 24.0 Å². The van der Waals surface area contributed by atoms with E-state index in [9.17, 15) is 18.0 Å². The van der Waals surface area contributed by atoms with Gasteiger partial charge in [-0.2, -0.15) is 13.2 Å². The number of thiazole rings is 1. The summed E-state index contributed by atoms with van der Waals surface area (Å²) in [5.74, 6) is -1.65. The van der Waals surface area contributed by atoms with E-state index in [-0.39, 0.29) is 5.13 Å². The van der Waals surface area contributed by atoms with Crippen molar-refractivity contribution in [2.24, 2.45) is 0 Å². The number of halogens is 3. The fourth-order valence-corrected chi connectivity index (χ4v) is 2.40. The molecule has 1 aromatic carbocycles. The summed E-state index contributed by atoms with van der Waals surface area (Å²) in [5, 5.41) is 11.4. The number of hydrogen-bond donors (Lipinski definition) is 2. The molecule has 0 amide bonds. The van der Waals surface area contributed by atoms with Crippen molar-refractivity contribution in [2.45, 2.75) is 13.1 Å². The molecule has 0 aliphatic carbocycles. The number of aromatic carboxylic acids is 1. The van der Waals surface area contributed by atoms with E-state index in [1.54, 1.807) is 18.2 Å². The largest absolute Gasteiger partial charge is 0.477 e. The quantitative estimate of drug-likeness (QED) is 0.902. The van der Waals surface area contributed by atoms with Crippen LogP contribution in [0.2, 0.25) is 0 Å². The molecule has 0 aliphatic rings. The second kappa shape index (κ2) is 5.12. The molecule has 106 valence electrons. The number of nitrogens with zero attached hydrogens (tertiary/aromatic N) is 1. The Morgan fingerprint density at radius 3 is 2.60 bits per heavy atom. The summed E-state index contributed by atoms with van der Waals surface area (Å²) < 4.78 is 38.0. The first kappa shape index (κ1) is 14.3. The van der Waals surface area contributed by atoms with Gasteiger partial charge in [-0.1, -0.05) is 23.5 Å². The molecule has 2 N–H and O–H groups in total. The molecule has 2 aromatic rings. The smallest absolute Gasteiger partial charge is 0.435 e. The van der Waals surface area contributed by atoms with Crippen molar-refractivity contribution in [1.29, 1.82) is 0 Å². The maximum absolute atomic E-state index is 12.7. The fraction of sp³-hybridized carbons (Fsp3) is 0.167. The maximum Gasteiger partial charge on any atom is 0.435 e. The van der Waals surface area contributed by atoms with Crippen LogP contribution in [-0.4, -0.2) is 16.1 Å². The molecular weight excluding hydrogens is 293 g/mol. The number of aromatic nitrogens is 1. The lowest BCUT2D eigenvalue weighted by atomic mass is 10.2. The number of benzene rings is 1. The average molecular weight is 302 g/mol. The van der Waals surface area contributed by atoms with E-state index in [1.165, 1.54) is 0 Å². The van der Waals surface area contributed by atoms with Crippen LogP contribution >= 0.6 is 11.3 Å². The Morgan fingerprint density at radius 2 is 2.10 bits per heavy atom. The van der Waals surface area contributed by atoms with Gasteiger partial charge < -0.3 is 10.4 Å². The number of carboxylic acid groups (broad SMARTS) is 1. The number of carbonyl (C=O) groups is 1. The molecule has 0 bridgehead atoms. The zero-order chi connectivity index (χ0) is 14.9. The highest BCUT2D eigenvalue weighted by molar-refractivity contribution is 7.17. The standard InChI is InChI=1S/C12H9F3N2O2S/c1-6-3-2-4-7(5-6)16-11-17-9(12(13,14)15)8(20-11)10(18)19/h2-5H,1H3,(H,16,17)(H,18,19). The molecule has 0 aliphatic heterocycles. The van der Waals surface area contributed by atoms with Gasteiger partial charge in [0, 0.05) is 5.69 Å². The molecule has 1 aromatic heterocycles. The Hall–Kier alpha value is -2.09. The van der Waals surface area contributed by atoms with Gasteiger partial charge in [-0.25, -0.2) is 9.78 Å². The third-order valence-electron chi connectivity index (χ3n) is 2.36. The second-order valence-electron chi connectivity index (χ2n) is 3.99. The van der Waals surface area contributed by atoms with Gasteiger partial charge >= 0.3 is 12.1 Å². The predicted molar refractivity (Wildman–Crippen MR) is 68.5 cm³/mol. The molecule has 1 heterocycles. The van der Waals surface area contributed by atoms with E-state index in [0.717, 1.165) is 5.56 Å². The zero-order valence-corrected chi connectivity index (χ0v) is 11.0. The van der Waals surface area contributed by atoms with Gasteiger partial charge in [0.15, 0.2) is 10.8 Å². The average Bonchev–Trinajstić information content (AvgIpc) is 2.73. The van der Waals surface area contributed by atoms with Crippen molar-refractivity contribution in [3.63, 3.8) is 0 Å². The fourth-order valence-electron chi connectivity index (χ4n) is 1.56. The first-order valence-electron chi connectivity index (χ1n) is 5.42. The highest BCUT2D eigenvalue weighted by Gasteiger charge is 2.39. The van der Waals surface area contributed by atoms with Crippen molar-refractivity contribution in [3.8, 4) is 0 Å². The molecule has 0 unspecified atom stereocenters. The van der Waals surface area contributed by atoms with Crippen LogP contribution in [0.3, 0.4) is 0 Å². The van der Waals surface area contributed by atoms with Crippen LogP contribution in [0.1, 0.15) is 20.9 Å². The monoisotopic (exact) mass is 302 g/mol. The van der Waals surface area contributed by atoms with Gasteiger partial charge in [-0.15, -0.1) is 0 Å². The number of hydrogen-bond acceptors (Lipinski definition) is 4. The molecule has 0 spiro atoms. The second-order valence-corrected chi connectivity index (χ2v) is 4.99. The van der Waals surface area contributed by atoms with E-state index >= 15 is 0 Å². The van der Waals surface area contributed by atoms with Crippen molar-refractivity contribution in [3.05, 3.63) is 40.4 Å². The van der Waals surface area contributed by atoms with Crippen LogP contribution < -0.4 is 5.32 Å². The number of aryl methyl sites for hydroxylation is 1. The summed E-state index contributed by atoms with van der Waals surface area (Å²) in [6.45, 7) is 1.83. The van der Waals surface area contributed by atoms with E-state index in [2.05, 4.69) is 10.3 Å². The molecule has 20 heavy (non-hydrogen) atoms. The van der Waals surface area contributed by atoms with Crippen LogP contribution in [0.5, 0.6) is 0 Å². The third-order valence-corrected chi connectivity index (χ3v) is 3.32. The topological polar surface area (TPSA) is 62.2 Å². The van der Waals surface area contributed by atoms with Crippen LogP contribution in [0.15, 0.2) is 24.3 Å². The highest BCUT2D eigenvalue weighted by Crippen LogP contribution is 2.36. The van der Waals surface area contributed by atoms with E-state index in [0.29, 0.717) is 17.0 Å². The Labute approximate surface area is 115 Å². The number of alkyl halides is 3. The van der Waals surface area contributed by atoms with Crippen LogP contribution in [-0.2, 0) is 6.18 Å². The Kier molecular flexibility index (Phi) is 3.67. The van der Waals surface area contributed by atoms with E-state index < -0.39 is 22.7 Å². The summed E-state index contributed by atoms with van der Waals surface area (Å²) in [5.41, 5.74) is 0.0793. The highest BCUT2D eigenvalue weighted by atomic mass is 32.1. The normalized spacial score (nSPS) is 11.4. The number of carboxylic acids is 1. The van der Waals surface area contributed by atoms with Gasteiger partial charge in [0.25, 0.3) is 0 Å². The lowest BCUT2D eigenvalue weighted by Crippen LogP contribution is -2.11. The molecule has 0 atom stereocenters. The summed E-state index contributed by atoms with van der Waals surface area (Å²) in [6, 6.07) is 6.93. The first-order chi connectivity index (χ1) is 9.27. The van der Waals surface area contributed by atoms with Crippen LogP contribution in [0.25, 0.3) is 0 Å². The van der Waals surface area contributed by atoms with Crippen molar-refractivity contribution in [2.75, 3.05) is 5.32 Å². The molecule has 2 rings (SSSR count). The minimum atomic E-state index is -4.79. The Morgan fingerprint density at radius 1 is 1.40 bits per heavy atom. The summed E-state index contributed by atoms with van der Waals surface area (Å²) in [6.07, 6.45) is -4.79. The number of nitrogens with one attached hydrogen (secondary N) is 1. The Bertz CT molecular complexity index is 652. The summed E-state index contributed by atoms with van der Waals surface area (Å²) >= 11 is 0.453. The van der Waals surface area contributed by atoms with Gasteiger partial charge in [-0.05, 0) is 24.6 Å². The van der Waals surface area contributed by atoms with Gasteiger partial charge in [0.2, 0.25) is 0 Å². The number of anilines is 2. The summed E-state index contributed by atoms with van der Waals surface area (Å²) in [7, 11) is 0. The molecular formula is C12H9F3N2O2S. The molecule has 0 radical (unpaired) electrons. The first-order valence-corrected chi connectivity index (χ1v) is 6.24. The summed E-state index contributed by atoms with van der Waals surface area (Å²) in [4.78, 5) is 13.3. The minimum absolute atomic E-state index is 0.111. The SMILES string of the molecule is Cc1cccc(Nc2nc(C(F)(F)F)c(C(=O)O)s2)c1. The van der Waals surface area contributed by atoms with E-state index in [4.69, 9.17) is 5.11 Å². The van der Waals surface area contributed by atoms with Crippen molar-refractivity contribution >= 4 is 28.1 Å². The third kappa shape index (κ3) is 3.08. The maximum atomic E-state index is 12.7. The molecule has 4 nitrogen and oxygen atoms in total. The zero-order valence-electron chi connectivity index (χ0n) is 10.2. The lowest BCUT2D eigenvalue weighted by molar-refractivity contribution is -0.141. The van der Waals surface area contributed by atoms with Crippen molar-refractivity contribution in [1.82, 2.24) is 4.98 Å². The predicted octanol–water partition coefficient (Wildman–Crippen LogP) is 3.91. The molecule has 0 fully saturated rings. The van der Waals surface area contributed by atoms with Crippen molar-refractivity contribution < 1.29 is 23.1 Å². The van der Waals surface area contributed by atoms with Gasteiger partial charge in [0.05, 0.1) is 0 Å². The molecule has 0 saturated heterocycles. The van der Waals surface area contributed by atoms with Gasteiger partial charge in [-0.3, -0.25) is 0 Å². The lowest BCUT2D eigenvalue weighted by Gasteiger charge is -2.04. The molecule has 8 heteroatoms. The molecule has 0 saturated carbocycles.